The Hall–Kier alpha value is -3.04. The predicted molar refractivity (Wildman–Crippen MR) is 122 cm³/mol. The van der Waals surface area contributed by atoms with E-state index in [0.29, 0.717) is 24.2 Å². The van der Waals surface area contributed by atoms with Gasteiger partial charge in [0.25, 0.3) is 5.91 Å². The van der Waals surface area contributed by atoms with Crippen molar-refractivity contribution in [3.63, 3.8) is 0 Å². The van der Waals surface area contributed by atoms with E-state index in [0.717, 1.165) is 48.0 Å². The van der Waals surface area contributed by atoms with Gasteiger partial charge in [-0.05, 0) is 44.7 Å². The molecular formula is C23H30N6O3. The van der Waals surface area contributed by atoms with Crippen LogP contribution in [0.1, 0.15) is 54.7 Å². The molecule has 1 saturated carbocycles. The molecule has 0 saturated heterocycles. The summed E-state index contributed by atoms with van der Waals surface area (Å²) in [5, 5.41) is 20.6. The molecule has 3 aromatic rings. The van der Waals surface area contributed by atoms with Crippen LogP contribution in [0.2, 0.25) is 0 Å². The fourth-order valence-corrected chi connectivity index (χ4v) is 4.30. The predicted octanol–water partition coefficient (Wildman–Crippen LogP) is 2.62. The molecule has 1 fully saturated rings. The van der Waals surface area contributed by atoms with Crippen molar-refractivity contribution in [2.45, 2.75) is 50.7 Å². The summed E-state index contributed by atoms with van der Waals surface area (Å²) in [5.74, 6) is 0.621. The van der Waals surface area contributed by atoms with Gasteiger partial charge in [-0.1, -0.05) is 6.07 Å². The molecule has 170 valence electrons. The van der Waals surface area contributed by atoms with Gasteiger partial charge in [0.1, 0.15) is 5.69 Å². The monoisotopic (exact) mass is 438 g/mol. The summed E-state index contributed by atoms with van der Waals surface area (Å²) in [6.07, 6.45) is 6.70. The highest BCUT2D eigenvalue weighted by Crippen LogP contribution is 2.37. The number of aromatic nitrogens is 4. The van der Waals surface area contributed by atoms with Crippen molar-refractivity contribution < 1.29 is 14.6 Å². The van der Waals surface area contributed by atoms with Crippen LogP contribution in [-0.2, 0) is 4.74 Å². The van der Waals surface area contributed by atoms with Crippen molar-refractivity contribution in [3.8, 4) is 11.1 Å². The zero-order valence-corrected chi connectivity index (χ0v) is 18.7. The van der Waals surface area contributed by atoms with Crippen molar-refractivity contribution in [2.24, 2.45) is 0 Å². The number of fused-ring (bicyclic) bond motifs is 1. The molecule has 0 spiro atoms. The van der Waals surface area contributed by atoms with Gasteiger partial charge in [-0.2, -0.15) is 0 Å². The fourth-order valence-electron chi connectivity index (χ4n) is 4.30. The van der Waals surface area contributed by atoms with Crippen LogP contribution in [-0.4, -0.2) is 63.5 Å². The number of anilines is 1. The molecule has 4 rings (SSSR count). The first-order valence-corrected chi connectivity index (χ1v) is 11.0. The molecule has 0 unspecified atom stereocenters. The Morgan fingerprint density at radius 2 is 2.03 bits per heavy atom. The minimum atomic E-state index is -0.222. The summed E-state index contributed by atoms with van der Waals surface area (Å²) < 4.78 is 7.16. The lowest BCUT2D eigenvalue weighted by atomic mass is 9.85. The maximum absolute atomic E-state index is 11.8. The molecule has 0 radical (unpaired) electrons. The largest absolute Gasteiger partial charge is 0.393 e. The number of methoxy groups -OCH3 is 1. The van der Waals surface area contributed by atoms with E-state index in [-0.39, 0.29) is 18.1 Å². The average Bonchev–Trinajstić information content (AvgIpc) is 3.18. The van der Waals surface area contributed by atoms with E-state index < -0.39 is 0 Å². The van der Waals surface area contributed by atoms with E-state index >= 15 is 0 Å². The molecule has 1 aliphatic carbocycles. The second-order valence-electron chi connectivity index (χ2n) is 8.38. The molecule has 3 N–H and O–H groups in total. The molecule has 0 aromatic carbocycles. The number of nitrogens with zero attached hydrogens (tertiary/aromatic N) is 4. The van der Waals surface area contributed by atoms with E-state index in [1.165, 1.54) is 0 Å². The van der Waals surface area contributed by atoms with Gasteiger partial charge in [0.2, 0.25) is 5.95 Å². The van der Waals surface area contributed by atoms with Crippen LogP contribution in [0.4, 0.5) is 5.95 Å². The van der Waals surface area contributed by atoms with Gasteiger partial charge in [-0.25, -0.2) is 9.50 Å². The fraction of sp³-hybridized carbons (Fsp3) is 0.478. The van der Waals surface area contributed by atoms with Crippen LogP contribution in [0, 0.1) is 0 Å². The second-order valence-corrected chi connectivity index (χ2v) is 8.38. The summed E-state index contributed by atoms with van der Waals surface area (Å²) in [4.78, 5) is 20.7. The maximum atomic E-state index is 11.8. The van der Waals surface area contributed by atoms with E-state index in [9.17, 15) is 9.90 Å². The van der Waals surface area contributed by atoms with Gasteiger partial charge in [0.15, 0.2) is 0 Å². The van der Waals surface area contributed by atoms with E-state index in [2.05, 4.69) is 26.7 Å². The quantitative estimate of drug-likeness (QED) is 0.520. The lowest BCUT2D eigenvalue weighted by Gasteiger charge is -2.25. The number of carbonyl (C=O) groups excluding carboxylic acids is 1. The Morgan fingerprint density at radius 3 is 2.69 bits per heavy atom. The Bertz CT molecular complexity index is 1070. The summed E-state index contributed by atoms with van der Waals surface area (Å²) in [6.45, 7) is 2.57. The Balaban J connectivity index is 1.75. The molecular weight excluding hydrogens is 408 g/mol. The van der Waals surface area contributed by atoms with E-state index in [1.54, 1.807) is 26.4 Å². The molecule has 3 aromatic heterocycles. The zero-order valence-electron chi connectivity index (χ0n) is 18.7. The Kier molecular flexibility index (Phi) is 6.66. The van der Waals surface area contributed by atoms with E-state index in [1.807, 2.05) is 23.7 Å². The van der Waals surface area contributed by atoms with Gasteiger partial charge in [0, 0.05) is 49.1 Å². The van der Waals surface area contributed by atoms with Gasteiger partial charge in [-0.15, -0.1) is 5.10 Å². The van der Waals surface area contributed by atoms with Crippen LogP contribution in [0.15, 0.2) is 30.6 Å². The first-order valence-electron chi connectivity index (χ1n) is 11.0. The third kappa shape index (κ3) is 4.58. The summed E-state index contributed by atoms with van der Waals surface area (Å²) in [5.41, 5.74) is 4.22. The highest BCUT2D eigenvalue weighted by atomic mass is 16.5. The molecule has 3 heterocycles. The number of amides is 1. The lowest BCUT2D eigenvalue weighted by Crippen LogP contribution is -2.23. The number of aliphatic hydroxyl groups is 1. The molecule has 1 atom stereocenters. The average molecular weight is 439 g/mol. The first kappa shape index (κ1) is 22.2. The topological polar surface area (TPSA) is 114 Å². The number of pyridine rings is 1. The summed E-state index contributed by atoms with van der Waals surface area (Å²) >= 11 is 0. The molecule has 0 aliphatic heterocycles. The maximum Gasteiger partial charge on any atom is 0.269 e. The van der Waals surface area contributed by atoms with Crippen molar-refractivity contribution in [1.82, 2.24) is 24.9 Å². The zero-order chi connectivity index (χ0) is 22.7. The third-order valence-electron chi connectivity index (χ3n) is 5.99. The van der Waals surface area contributed by atoms with Crippen molar-refractivity contribution >= 4 is 17.4 Å². The number of aliphatic hydroxyl groups excluding tert-OH is 1. The van der Waals surface area contributed by atoms with Crippen LogP contribution in [0.5, 0.6) is 0 Å². The number of ether oxygens (including phenoxy) is 1. The van der Waals surface area contributed by atoms with Crippen LogP contribution in [0.25, 0.3) is 16.6 Å². The van der Waals surface area contributed by atoms with Gasteiger partial charge >= 0.3 is 0 Å². The van der Waals surface area contributed by atoms with Crippen molar-refractivity contribution in [1.29, 1.82) is 0 Å². The van der Waals surface area contributed by atoms with Gasteiger partial charge in [-0.3, -0.25) is 9.78 Å². The van der Waals surface area contributed by atoms with Crippen molar-refractivity contribution in [3.05, 3.63) is 42.0 Å². The molecule has 9 heteroatoms. The number of carbonyl (C=O) groups is 1. The molecule has 32 heavy (non-hydrogen) atoms. The van der Waals surface area contributed by atoms with Crippen LogP contribution < -0.4 is 10.6 Å². The van der Waals surface area contributed by atoms with E-state index in [4.69, 9.17) is 9.84 Å². The standard InChI is InChI=1S/C23H30N6O3/c1-14(13-32-3)27-23-26-12-21-18(16-6-9-19(25-11-16)22(31)24-2)10-20(29(21)28-23)15-4-7-17(30)8-5-15/h6,9-12,14-15,17,30H,4-5,7-8,13H2,1-3H3,(H,24,31)(H,27,28)/t14-,15-,17-/m0/s1. The Morgan fingerprint density at radius 1 is 1.25 bits per heavy atom. The smallest absolute Gasteiger partial charge is 0.269 e. The SMILES string of the molecule is CNC(=O)c1ccc(-c2cc([C@H]3CC[C@H](O)CC3)n3nc(N[C@@H](C)COC)ncc23)cn1. The summed E-state index contributed by atoms with van der Waals surface area (Å²) in [6, 6.07) is 5.83. The number of rotatable bonds is 7. The summed E-state index contributed by atoms with van der Waals surface area (Å²) in [7, 11) is 3.25. The molecule has 0 bridgehead atoms. The highest BCUT2D eigenvalue weighted by Gasteiger charge is 2.25. The first-order chi connectivity index (χ1) is 15.5. The van der Waals surface area contributed by atoms with Gasteiger partial charge in [0.05, 0.1) is 24.4 Å². The van der Waals surface area contributed by atoms with Crippen molar-refractivity contribution in [2.75, 3.05) is 26.1 Å². The molecule has 9 nitrogen and oxygen atoms in total. The van der Waals surface area contributed by atoms with Crippen LogP contribution >= 0.6 is 0 Å². The van der Waals surface area contributed by atoms with Gasteiger partial charge < -0.3 is 20.5 Å². The second kappa shape index (κ2) is 9.62. The molecule has 1 amide bonds. The highest BCUT2D eigenvalue weighted by molar-refractivity contribution is 5.92. The lowest BCUT2D eigenvalue weighted by molar-refractivity contribution is 0.0958. The molecule has 1 aliphatic rings. The van der Waals surface area contributed by atoms with Crippen LogP contribution in [0.3, 0.4) is 0 Å². The third-order valence-corrected chi connectivity index (χ3v) is 5.99. The minimum absolute atomic E-state index is 0.0715. The minimum Gasteiger partial charge on any atom is -0.393 e. The normalized spacial score (nSPS) is 19.6. The number of hydrogen-bond donors (Lipinski definition) is 3. The number of nitrogens with one attached hydrogen (secondary N) is 2. The Labute approximate surface area is 187 Å². The number of hydrogen-bond acceptors (Lipinski definition) is 7.